The van der Waals surface area contributed by atoms with Crippen molar-refractivity contribution in [3.63, 3.8) is 0 Å². The Bertz CT molecular complexity index is 1630. The SMILES string of the molecule is CCOC(=O)NCCCC[C@H](NC(=O)[C@H](Cc1c(C)cc(O)cc1C)NC(=O)CCC[C@@H](N=C(N)NN)C(=O)OCC)C(=O)N[C@@H](Cc1ccccc1)C(N)=O. The van der Waals surface area contributed by atoms with Crippen molar-refractivity contribution in [2.75, 3.05) is 19.8 Å². The van der Waals surface area contributed by atoms with E-state index < -0.39 is 59.9 Å². The zero-order valence-corrected chi connectivity index (χ0v) is 32.5. The summed E-state index contributed by atoms with van der Waals surface area (Å²) in [6.45, 7) is 7.39. The zero-order chi connectivity index (χ0) is 41.6. The van der Waals surface area contributed by atoms with Crippen LogP contribution in [-0.4, -0.2) is 90.7 Å². The Balaban J connectivity index is 2.34. The summed E-state index contributed by atoms with van der Waals surface area (Å²) in [6, 6.07) is 7.54. The number of carbonyl (C=O) groups is 6. The van der Waals surface area contributed by atoms with Gasteiger partial charge in [-0.05, 0) is 94.2 Å². The van der Waals surface area contributed by atoms with E-state index in [1.54, 1.807) is 52.0 Å². The average Bonchev–Trinajstić information content (AvgIpc) is 3.14. The first-order chi connectivity index (χ1) is 26.7. The fourth-order valence-electron chi connectivity index (χ4n) is 5.84. The molecule has 18 nitrogen and oxygen atoms in total. The number of guanidine groups is 1. The predicted octanol–water partition coefficient (Wildman–Crippen LogP) is 0.530. The minimum Gasteiger partial charge on any atom is -0.508 e. The molecular weight excluding hydrogens is 726 g/mol. The number of rotatable bonds is 23. The number of phenolic OH excluding ortho intramolecular Hbond substituents is 1. The summed E-state index contributed by atoms with van der Waals surface area (Å²) < 4.78 is 9.94. The van der Waals surface area contributed by atoms with Crippen molar-refractivity contribution < 1.29 is 43.3 Å². The molecule has 4 atom stereocenters. The van der Waals surface area contributed by atoms with Crippen molar-refractivity contribution in [1.82, 2.24) is 26.7 Å². The van der Waals surface area contributed by atoms with Crippen LogP contribution in [0.5, 0.6) is 5.75 Å². The minimum absolute atomic E-state index is 0.000313. The number of hydrogen-bond acceptors (Lipinski definition) is 11. The number of hydrogen-bond donors (Lipinski definition) is 9. The molecule has 0 aliphatic carbocycles. The molecule has 0 bridgehead atoms. The number of nitrogens with zero attached hydrogens (tertiary/aromatic N) is 1. The third-order valence-corrected chi connectivity index (χ3v) is 8.66. The van der Waals surface area contributed by atoms with Crippen LogP contribution in [0.4, 0.5) is 4.79 Å². The number of aliphatic imine (C=N–C) groups is 1. The van der Waals surface area contributed by atoms with Gasteiger partial charge in [-0.25, -0.2) is 20.4 Å². The number of benzene rings is 2. The molecule has 0 radical (unpaired) electrons. The lowest BCUT2D eigenvalue weighted by molar-refractivity contribution is -0.145. The summed E-state index contributed by atoms with van der Waals surface area (Å²) in [7, 11) is 0. The van der Waals surface area contributed by atoms with Crippen LogP contribution in [0.25, 0.3) is 0 Å². The van der Waals surface area contributed by atoms with E-state index in [0.717, 1.165) is 5.56 Å². The molecule has 2 aromatic carbocycles. The van der Waals surface area contributed by atoms with Crippen LogP contribution in [0, 0.1) is 13.8 Å². The Hall–Kier alpha value is -5.91. The summed E-state index contributed by atoms with van der Waals surface area (Å²) in [5.41, 5.74) is 16.2. The first-order valence-electron chi connectivity index (χ1n) is 18.6. The predicted molar refractivity (Wildman–Crippen MR) is 209 cm³/mol. The van der Waals surface area contributed by atoms with Gasteiger partial charge in [-0.15, -0.1) is 0 Å². The van der Waals surface area contributed by atoms with Crippen LogP contribution in [0.3, 0.4) is 0 Å². The molecule has 0 aromatic heterocycles. The molecule has 2 rings (SSSR count). The lowest BCUT2D eigenvalue weighted by atomic mass is 9.95. The van der Waals surface area contributed by atoms with E-state index in [4.69, 9.17) is 26.8 Å². The average molecular weight is 784 g/mol. The molecule has 2 aromatic rings. The van der Waals surface area contributed by atoms with Crippen LogP contribution >= 0.6 is 0 Å². The fraction of sp³-hybridized carbons (Fsp3) is 0.500. The van der Waals surface area contributed by atoms with Gasteiger partial charge >= 0.3 is 12.1 Å². The number of aryl methyl sites for hydroxylation is 2. The van der Waals surface area contributed by atoms with Gasteiger partial charge in [0.05, 0.1) is 13.2 Å². The van der Waals surface area contributed by atoms with E-state index in [2.05, 4.69) is 31.7 Å². The first-order valence-corrected chi connectivity index (χ1v) is 18.6. The molecule has 0 aliphatic heterocycles. The molecular formula is C38H57N9O9. The Morgan fingerprint density at radius 1 is 0.786 bits per heavy atom. The number of primary amides is 1. The molecule has 0 spiro atoms. The largest absolute Gasteiger partial charge is 0.508 e. The number of aromatic hydroxyl groups is 1. The van der Waals surface area contributed by atoms with Crippen molar-refractivity contribution >= 4 is 41.7 Å². The fourth-order valence-corrected chi connectivity index (χ4v) is 5.84. The Kier molecular flexibility index (Phi) is 20.2. The molecule has 0 unspecified atom stereocenters. The molecule has 56 heavy (non-hydrogen) atoms. The summed E-state index contributed by atoms with van der Waals surface area (Å²) in [5, 5.41) is 20.9. The van der Waals surface area contributed by atoms with Crippen molar-refractivity contribution in [3.8, 4) is 5.75 Å². The van der Waals surface area contributed by atoms with Crippen LogP contribution < -0.4 is 44.0 Å². The zero-order valence-electron chi connectivity index (χ0n) is 32.5. The van der Waals surface area contributed by atoms with Gasteiger partial charge in [0, 0.05) is 25.8 Å². The van der Waals surface area contributed by atoms with Gasteiger partial charge in [0.1, 0.15) is 23.9 Å². The minimum atomic E-state index is -1.20. The number of phenols is 1. The normalized spacial score (nSPS) is 13.3. The smallest absolute Gasteiger partial charge is 0.407 e. The maximum absolute atomic E-state index is 14.1. The van der Waals surface area contributed by atoms with E-state index in [0.29, 0.717) is 29.5 Å². The van der Waals surface area contributed by atoms with Gasteiger partial charge in [-0.3, -0.25) is 24.6 Å². The highest BCUT2D eigenvalue weighted by Gasteiger charge is 2.30. The van der Waals surface area contributed by atoms with E-state index >= 15 is 0 Å². The molecule has 18 heteroatoms. The summed E-state index contributed by atoms with van der Waals surface area (Å²) in [4.78, 5) is 81.9. The van der Waals surface area contributed by atoms with Crippen molar-refractivity contribution in [2.24, 2.45) is 22.3 Å². The van der Waals surface area contributed by atoms with Crippen LogP contribution in [-0.2, 0) is 46.3 Å². The summed E-state index contributed by atoms with van der Waals surface area (Å²) in [6.07, 6.45) is 0.552. The first kappa shape index (κ1) is 46.2. The van der Waals surface area contributed by atoms with Crippen LogP contribution in [0.15, 0.2) is 47.5 Å². The number of nitrogens with two attached hydrogens (primary N) is 3. The summed E-state index contributed by atoms with van der Waals surface area (Å²) >= 11 is 0. The number of ether oxygens (including phenoxy) is 2. The molecule has 0 saturated carbocycles. The number of esters is 1. The number of amides is 5. The Morgan fingerprint density at radius 2 is 1.41 bits per heavy atom. The molecule has 12 N–H and O–H groups in total. The molecule has 0 aliphatic rings. The number of unbranched alkanes of at least 4 members (excludes halogenated alkanes) is 1. The third kappa shape index (κ3) is 16.6. The van der Waals surface area contributed by atoms with Crippen LogP contribution in [0.1, 0.15) is 74.6 Å². The van der Waals surface area contributed by atoms with Crippen LogP contribution in [0.2, 0.25) is 0 Å². The lowest BCUT2D eigenvalue weighted by Crippen LogP contribution is -2.57. The van der Waals surface area contributed by atoms with Gasteiger partial charge in [-0.2, -0.15) is 0 Å². The van der Waals surface area contributed by atoms with Gasteiger partial charge in [0.15, 0.2) is 6.04 Å². The van der Waals surface area contributed by atoms with E-state index in [1.807, 2.05) is 6.07 Å². The van der Waals surface area contributed by atoms with Gasteiger partial charge < -0.3 is 47.3 Å². The second-order valence-corrected chi connectivity index (χ2v) is 13.1. The highest BCUT2D eigenvalue weighted by Crippen LogP contribution is 2.22. The molecule has 0 fully saturated rings. The van der Waals surface area contributed by atoms with Gasteiger partial charge in [0.2, 0.25) is 29.6 Å². The second kappa shape index (κ2) is 24.5. The Labute approximate surface area is 327 Å². The number of hydrazine groups is 1. The van der Waals surface area contributed by atoms with Gasteiger partial charge in [0.25, 0.3) is 0 Å². The summed E-state index contributed by atoms with van der Waals surface area (Å²) in [5.74, 6) is 1.82. The highest BCUT2D eigenvalue weighted by molar-refractivity contribution is 5.94. The van der Waals surface area contributed by atoms with E-state index in [1.165, 1.54) is 12.1 Å². The maximum Gasteiger partial charge on any atom is 0.407 e. The van der Waals surface area contributed by atoms with Crippen molar-refractivity contribution in [1.29, 1.82) is 0 Å². The molecule has 0 heterocycles. The number of alkyl carbamates (subject to hydrolysis) is 1. The molecule has 0 saturated heterocycles. The highest BCUT2D eigenvalue weighted by atomic mass is 16.5. The quantitative estimate of drug-likeness (QED) is 0.0186. The molecule has 5 amide bonds. The lowest BCUT2D eigenvalue weighted by Gasteiger charge is -2.26. The molecule has 308 valence electrons. The van der Waals surface area contributed by atoms with E-state index in [9.17, 15) is 33.9 Å². The third-order valence-electron chi connectivity index (χ3n) is 8.66. The standard InChI is InChI=1S/C38H57N9O9/c1-5-55-36(53)29(46-37(40)47-41)16-12-17-32(49)43-31(22-27-23(3)19-26(48)20-24(27)4)35(52)44-28(15-10-11-18-42-38(54)56-6-2)34(51)45-30(33(39)50)21-25-13-8-7-9-14-25/h7-9,13-14,19-20,28-31,48H,5-6,10-12,15-18,21-22,41H2,1-4H3,(H2,39,50)(H,42,54)(H,43,49)(H,44,52)(H,45,51)(H3,40,46,47)/t28-,29+,30-,31-/m0/s1. The van der Waals surface area contributed by atoms with Crippen molar-refractivity contribution in [3.05, 3.63) is 64.7 Å². The number of nitrogens with one attached hydrogen (secondary N) is 5. The Morgan fingerprint density at radius 3 is 2.02 bits per heavy atom. The van der Waals surface area contributed by atoms with E-state index in [-0.39, 0.29) is 70.0 Å². The maximum atomic E-state index is 14.1. The second-order valence-electron chi connectivity index (χ2n) is 13.1. The van der Waals surface area contributed by atoms with Gasteiger partial charge in [-0.1, -0.05) is 30.3 Å². The monoisotopic (exact) mass is 783 g/mol. The topological polar surface area (TPSA) is 292 Å². The van der Waals surface area contributed by atoms with Crippen molar-refractivity contribution in [2.45, 2.75) is 103 Å². The number of carbonyl (C=O) groups excluding carboxylic acids is 6.